The van der Waals surface area contributed by atoms with Crippen LogP contribution in [0.25, 0.3) is 0 Å². The molecular weight excluding hydrogens is 288 g/mol. The fourth-order valence-corrected chi connectivity index (χ4v) is 4.33. The first-order valence-electron chi connectivity index (χ1n) is 10.8. The number of rotatable bonds is 15. The van der Waals surface area contributed by atoms with Crippen LogP contribution in [0.1, 0.15) is 116 Å². The lowest BCUT2D eigenvalue weighted by Gasteiger charge is -2.34. The van der Waals surface area contributed by atoms with Gasteiger partial charge in [-0.05, 0) is 30.2 Å². The van der Waals surface area contributed by atoms with Crippen molar-refractivity contribution in [2.24, 2.45) is 0 Å². The highest BCUT2D eigenvalue weighted by Gasteiger charge is 2.29. The molecule has 24 heavy (non-hydrogen) atoms. The van der Waals surface area contributed by atoms with Gasteiger partial charge in [-0.15, -0.1) is 0 Å². The van der Waals surface area contributed by atoms with E-state index in [1.165, 1.54) is 89.9 Å². The fourth-order valence-electron chi connectivity index (χ4n) is 4.33. The summed E-state index contributed by atoms with van der Waals surface area (Å²) in [6, 6.07) is 11.4. The van der Waals surface area contributed by atoms with E-state index < -0.39 is 0 Å². The Morgan fingerprint density at radius 1 is 0.542 bits per heavy atom. The lowest BCUT2D eigenvalue weighted by Crippen LogP contribution is -2.26. The molecule has 0 unspecified atom stereocenters. The van der Waals surface area contributed by atoms with Gasteiger partial charge in [-0.2, -0.15) is 0 Å². The topological polar surface area (TPSA) is 0 Å². The second-order valence-corrected chi connectivity index (χ2v) is 7.72. The zero-order valence-corrected chi connectivity index (χ0v) is 16.8. The van der Waals surface area contributed by atoms with E-state index in [1.54, 1.807) is 5.56 Å². The lowest BCUT2D eigenvalue weighted by atomic mass is 9.70. The van der Waals surface area contributed by atoms with Gasteiger partial charge in [0.25, 0.3) is 0 Å². The number of hydrogen-bond donors (Lipinski definition) is 0. The Balaban J connectivity index is 2.40. The third-order valence-corrected chi connectivity index (χ3v) is 5.60. The van der Waals surface area contributed by atoms with Gasteiger partial charge in [-0.25, -0.2) is 0 Å². The molecule has 1 aromatic rings. The summed E-state index contributed by atoms with van der Waals surface area (Å²) in [7, 11) is 0. The van der Waals surface area contributed by atoms with E-state index in [0.29, 0.717) is 5.41 Å². The molecule has 0 saturated heterocycles. The minimum absolute atomic E-state index is 0.436. The van der Waals surface area contributed by atoms with Gasteiger partial charge in [0.1, 0.15) is 0 Å². The molecule has 0 aliphatic carbocycles. The standard InChI is InChI=1S/C24H42/c1-4-7-8-9-10-11-12-13-17-22-24(20-5-2,21-6-3)23-18-15-14-16-19-23/h14-16,18-19H,4-13,17,20-22H2,1-3H3. The molecule has 0 N–H and O–H groups in total. The number of unbranched alkanes of at least 4 members (excludes halogenated alkanes) is 8. The highest BCUT2D eigenvalue weighted by Crippen LogP contribution is 2.39. The molecule has 0 radical (unpaired) electrons. The molecule has 0 fully saturated rings. The Hall–Kier alpha value is -0.780. The molecule has 1 aromatic carbocycles. The summed E-state index contributed by atoms with van der Waals surface area (Å²) < 4.78 is 0. The van der Waals surface area contributed by atoms with E-state index in [2.05, 4.69) is 51.1 Å². The average molecular weight is 331 g/mol. The summed E-state index contributed by atoms with van der Waals surface area (Å²) >= 11 is 0. The second kappa shape index (κ2) is 13.5. The van der Waals surface area contributed by atoms with Crippen LogP contribution >= 0.6 is 0 Å². The van der Waals surface area contributed by atoms with Crippen molar-refractivity contribution in [3.8, 4) is 0 Å². The van der Waals surface area contributed by atoms with E-state index in [9.17, 15) is 0 Å². The molecule has 0 heteroatoms. The van der Waals surface area contributed by atoms with Crippen LogP contribution in [0, 0.1) is 0 Å². The van der Waals surface area contributed by atoms with Crippen LogP contribution in [0.3, 0.4) is 0 Å². The summed E-state index contributed by atoms with van der Waals surface area (Å²) in [6.07, 6.45) is 19.5. The Labute approximate surface area is 152 Å². The maximum atomic E-state index is 2.37. The Morgan fingerprint density at radius 2 is 1.04 bits per heavy atom. The van der Waals surface area contributed by atoms with Crippen molar-refractivity contribution in [3.63, 3.8) is 0 Å². The SMILES string of the molecule is CCCCCCCCCCCC(CCC)(CCC)c1ccccc1. The monoisotopic (exact) mass is 330 g/mol. The van der Waals surface area contributed by atoms with Crippen molar-refractivity contribution in [1.29, 1.82) is 0 Å². The Bertz CT molecular complexity index is 372. The molecule has 0 saturated carbocycles. The van der Waals surface area contributed by atoms with Crippen molar-refractivity contribution >= 4 is 0 Å². The van der Waals surface area contributed by atoms with Crippen LogP contribution in [0.4, 0.5) is 0 Å². The summed E-state index contributed by atoms with van der Waals surface area (Å²) in [6.45, 7) is 7.00. The van der Waals surface area contributed by atoms with E-state index in [0.717, 1.165) is 0 Å². The normalized spacial score (nSPS) is 11.8. The van der Waals surface area contributed by atoms with Crippen molar-refractivity contribution in [2.75, 3.05) is 0 Å². The molecule has 0 aliphatic rings. The van der Waals surface area contributed by atoms with Gasteiger partial charge >= 0.3 is 0 Å². The van der Waals surface area contributed by atoms with Crippen molar-refractivity contribution in [1.82, 2.24) is 0 Å². The molecule has 0 spiro atoms. The van der Waals surface area contributed by atoms with Gasteiger partial charge < -0.3 is 0 Å². The van der Waals surface area contributed by atoms with Gasteiger partial charge in [-0.1, -0.05) is 122 Å². The Morgan fingerprint density at radius 3 is 1.54 bits per heavy atom. The summed E-state index contributed by atoms with van der Waals surface area (Å²) in [5.41, 5.74) is 2.03. The molecule has 138 valence electrons. The molecular formula is C24H42. The quantitative estimate of drug-likeness (QED) is 0.283. The van der Waals surface area contributed by atoms with Gasteiger partial charge in [0, 0.05) is 0 Å². The van der Waals surface area contributed by atoms with Crippen LogP contribution < -0.4 is 0 Å². The van der Waals surface area contributed by atoms with Crippen molar-refractivity contribution in [2.45, 2.75) is 116 Å². The molecule has 1 rings (SSSR count). The molecule has 0 bridgehead atoms. The van der Waals surface area contributed by atoms with Crippen LogP contribution in [-0.4, -0.2) is 0 Å². The lowest BCUT2D eigenvalue weighted by molar-refractivity contribution is 0.316. The predicted octanol–water partition coefficient (Wildman–Crippen LogP) is 8.45. The highest BCUT2D eigenvalue weighted by atomic mass is 14.3. The first-order chi connectivity index (χ1) is 11.8. The smallest absolute Gasteiger partial charge is 0.00472 e. The van der Waals surface area contributed by atoms with E-state index in [4.69, 9.17) is 0 Å². The highest BCUT2D eigenvalue weighted by molar-refractivity contribution is 5.25. The predicted molar refractivity (Wildman–Crippen MR) is 110 cm³/mol. The van der Waals surface area contributed by atoms with E-state index in [-0.39, 0.29) is 0 Å². The van der Waals surface area contributed by atoms with Crippen LogP contribution in [0.5, 0.6) is 0 Å². The van der Waals surface area contributed by atoms with E-state index in [1.807, 2.05) is 0 Å². The molecule has 0 aliphatic heterocycles. The molecule has 0 aromatic heterocycles. The summed E-state index contributed by atoms with van der Waals surface area (Å²) in [4.78, 5) is 0. The van der Waals surface area contributed by atoms with Gasteiger partial charge in [0.2, 0.25) is 0 Å². The number of hydrogen-bond acceptors (Lipinski definition) is 0. The zero-order valence-electron chi connectivity index (χ0n) is 16.8. The largest absolute Gasteiger partial charge is 0.0654 e. The zero-order chi connectivity index (χ0) is 17.5. The van der Waals surface area contributed by atoms with Crippen LogP contribution in [0.2, 0.25) is 0 Å². The first-order valence-corrected chi connectivity index (χ1v) is 10.8. The summed E-state index contributed by atoms with van der Waals surface area (Å²) in [5, 5.41) is 0. The number of benzene rings is 1. The van der Waals surface area contributed by atoms with Gasteiger partial charge in [0.15, 0.2) is 0 Å². The van der Waals surface area contributed by atoms with E-state index >= 15 is 0 Å². The third kappa shape index (κ3) is 7.86. The molecule has 0 heterocycles. The van der Waals surface area contributed by atoms with Crippen LogP contribution in [0.15, 0.2) is 30.3 Å². The summed E-state index contributed by atoms with van der Waals surface area (Å²) in [5.74, 6) is 0. The fraction of sp³-hybridized carbons (Fsp3) is 0.750. The molecule has 0 nitrogen and oxygen atoms in total. The minimum atomic E-state index is 0.436. The molecule has 0 amide bonds. The maximum absolute atomic E-state index is 2.37. The average Bonchev–Trinajstić information content (AvgIpc) is 2.61. The first kappa shape index (κ1) is 21.3. The van der Waals surface area contributed by atoms with Crippen molar-refractivity contribution < 1.29 is 0 Å². The maximum Gasteiger partial charge on any atom is -0.00472 e. The van der Waals surface area contributed by atoms with Crippen LogP contribution in [-0.2, 0) is 5.41 Å². The minimum Gasteiger partial charge on any atom is -0.0654 e. The Kier molecular flexibility index (Phi) is 12.0. The van der Waals surface area contributed by atoms with Gasteiger partial charge in [0.05, 0.1) is 0 Å². The molecule has 0 atom stereocenters. The second-order valence-electron chi connectivity index (χ2n) is 7.72. The third-order valence-electron chi connectivity index (χ3n) is 5.60. The van der Waals surface area contributed by atoms with Gasteiger partial charge in [-0.3, -0.25) is 0 Å². The van der Waals surface area contributed by atoms with Crippen molar-refractivity contribution in [3.05, 3.63) is 35.9 Å².